The van der Waals surface area contributed by atoms with E-state index >= 15 is 0 Å². The minimum atomic E-state index is -3.35. The highest BCUT2D eigenvalue weighted by Crippen LogP contribution is 2.12. The minimum Gasteiger partial charge on any atom is -0.202 e. The zero-order valence-corrected chi connectivity index (χ0v) is 12.8. The quantitative estimate of drug-likeness (QED) is 0.660. The smallest absolute Gasteiger partial charge is 0.202 e. The van der Waals surface area contributed by atoms with Crippen LogP contribution in [0.5, 0.6) is 0 Å². The monoisotopic (exact) mass is 284 g/mol. The van der Waals surface area contributed by atoms with Crippen LogP contribution in [-0.2, 0) is 10.2 Å². The average molecular weight is 285 g/mol. The number of hydrogen-bond acceptors (Lipinski definition) is 2. The highest BCUT2D eigenvalue weighted by molar-refractivity contribution is 7.87. The molecule has 0 aliphatic carbocycles. The first-order valence-electron chi connectivity index (χ1n) is 6.13. The molecule has 104 valence electrons. The van der Waals surface area contributed by atoms with Gasteiger partial charge in [0.25, 0.3) is 10.2 Å². The third kappa shape index (κ3) is 6.60. The molecule has 0 saturated heterocycles. The van der Waals surface area contributed by atoms with E-state index in [1.165, 1.54) is 4.31 Å². The lowest BCUT2D eigenvalue weighted by Crippen LogP contribution is -2.43. The van der Waals surface area contributed by atoms with Gasteiger partial charge >= 0.3 is 0 Å². The molecule has 0 fully saturated rings. The van der Waals surface area contributed by atoms with Crippen LogP contribution in [0, 0.1) is 5.92 Å². The van der Waals surface area contributed by atoms with Crippen LogP contribution in [0.2, 0.25) is 0 Å². The highest BCUT2D eigenvalue weighted by Gasteiger charge is 2.21. The van der Waals surface area contributed by atoms with Crippen molar-refractivity contribution in [3.05, 3.63) is 0 Å². The summed E-state index contributed by atoms with van der Waals surface area (Å²) < 4.78 is 27.7. The van der Waals surface area contributed by atoms with Crippen LogP contribution < -0.4 is 4.72 Å². The summed E-state index contributed by atoms with van der Waals surface area (Å²) >= 11 is 5.71. The predicted octanol–water partition coefficient (Wildman–Crippen LogP) is 2.21. The Labute approximate surface area is 111 Å². The van der Waals surface area contributed by atoms with Crippen molar-refractivity contribution in [2.24, 2.45) is 5.92 Å². The number of hydrogen-bond donors (Lipinski definition) is 1. The Bertz CT molecular complexity index is 288. The fraction of sp³-hybridized carbons (Fsp3) is 1.00. The molecule has 0 aromatic heterocycles. The van der Waals surface area contributed by atoms with Gasteiger partial charge in [-0.1, -0.05) is 13.3 Å². The molecular formula is C11H25ClN2O2S. The molecule has 6 heteroatoms. The second kappa shape index (κ2) is 8.29. The fourth-order valence-electron chi connectivity index (χ4n) is 1.51. The van der Waals surface area contributed by atoms with Crippen LogP contribution in [0.3, 0.4) is 0 Å². The van der Waals surface area contributed by atoms with Crippen LogP contribution in [-0.4, -0.2) is 38.2 Å². The predicted molar refractivity (Wildman–Crippen MR) is 73.6 cm³/mol. The molecule has 0 aliphatic rings. The summed E-state index contributed by atoms with van der Waals surface area (Å²) in [5.41, 5.74) is 0. The van der Waals surface area contributed by atoms with Gasteiger partial charge in [0.05, 0.1) is 0 Å². The van der Waals surface area contributed by atoms with Crippen LogP contribution in [0.15, 0.2) is 0 Å². The third-order valence-corrected chi connectivity index (χ3v) is 4.80. The van der Waals surface area contributed by atoms with Crippen LogP contribution in [0.25, 0.3) is 0 Å². The molecule has 1 atom stereocenters. The Kier molecular flexibility index (Phi) is 8.37. The van der Waals surface area contributed by atoms with Crippen LogP contribution in [0.1, 0.15) is 40.0 Å². The van der Waals surface area contributed by atoms with Gasteiger partial charge in [-0.25, -0.2) is 4.72 Å². The molecule has 0 aliphatic heterocycles. The topological polar surface area (TPSA) is 49.4 Å². The summed E-state index contributed by atoms with van der Waals surface area (Å²) in [6.07, 6.45) is 2.90. The molecule has 4 nitrogen and oxygen atoms in total. The minimum absolute atomic E-state index is 0.0369. The third-order valence-electron chi connectivity index (χ3n) is 2.88. The van der Waals surface area contributed by atoms with Gasteiger partial charge in [-0.05, 0) is 32.6 Å². The van der Waals surface area contributed by atoms with Gasteiger partial charge in [-0.3, -0.25) is 0 Å². The van der Waals surface area contributed by atoms with Crippen molar-refractivity contribution in [2.75, 3.05) is 19.5 Å². The average Bonchev–Trinajstić information content (AvgIpc) is 2.25. The maximum absolute atomic E-state index is 11.9. The van der Waals surface area contributed by atoms with Gasteiger partial charge < -0.3 is 0 Å². The van der Waals surface area contributed by atoms with Crippen molar-refractivity contribution >= 4 is 21.8 Å². The molecule has 0 amide bonds. The normalized spacial score (nSPS) is 14.5. The Hall–Kier alpha value is 0.160. The Morgan fingerprint density at radius 2 is 1.88 bits per heavy atom. The summed E-state index contributed by atoms with van der Waals surface area (Å²) in [5, 5.41) is 0. The molecule has 1 unspecified atom stereocenters. The standard InChI is InChI=1S/C11H25ClN2O2S/c1-5-6-11(7-8-12)9-13-17(15,16)14(4)10(2)3/h10-11,13H,5-9H2,1-4H3. The van der Waals surface area contributed by atoms with Crippen molar-refractivity contribution in [3.63, 3.8) is 0 Å². The van der Waals surface area contributed by atoms with Gasteiger partial charge in [0.2, 0.25) is 0 Å². The first-order valence-corrected chi connectivity index (χ1v) is 8.11. The van der Waals surface area contributed by atoms with E-state index in [1.807, 2.05) is 13.8 Å². The van der Waals surface area contributed by atoms with Gasteiger partial charge in [0.15, 0.2) is 0 Å². The molecule has 0 spiro atoms. The Balaban J connectivity index is 4.32. The number of alkyl halides is 1. The summed E-state index contributed by atoms with van der Waals surface area (Å²) in [7, 11) is -1.76. The lowest BCUT2D eigenvalue weighted by atomic mass is 10.0. The molecule has 0 aromatic carbocycles. The number of nitrogens with zero attached hydrogens (tertiary/aromatic N) is 1. The van der Waals surface area contributed by atoms with Crippen LogP contribution in [0.4, 0.5) is 0 Å². The first-order chi connectivity index (χ1) is 7.85. The van der Waals surface area contributed by atoms with Gasteiger partial charge in [-0.2, -0.15) is 12.7 Å². The summed E-state index contributed by atoms with van der Waals surface area (Å²) in [6, 6.07) is -0.0369. The van der Waals surface area contributed by atoms with Gasteiger partial charge in [0, 0.05) is 25.5 Å². The molecule has 0 aromatic rings. The molecule has 0 saturated carbocycles. The van der Waals surface area contributed by atoms with E-state index in [2.05, 4.69) is 11.6 Å². The van der Waals surface area contributed by atoms with Crippen LogP contribution >= 0.6 is 11.6 Å². The van der Waals surface area contributed by atoms with Gasteiger partial charge in [0.1, 0.15) is 0 Å². The van der Waals surface area contributed by atoms with E-state index in [-0.39, 0.29) is 6.04 Å². The molecule has 1 N–H and O–H groups in total. The zero-order chi connectivity index (χ0) is 13.5. The largest absolute Gasteiger partial charge is 0.279 e. The van der Waals surface area contributed by atoms with E-state index in [0.717, 1.165) is 19.3 Å². The lowest BCUT2D eigenvalue weighted by molar-refractivity contribution is 0.391. The molecule has 0 bridgehead atoms. The van der Waals surface area contributed by atoms with E-state index in [9.17, 15) is 8.42 Å². The van der Waals surface area contributed by atoms with Crippen molar-refractivity contribution in [1.29, 1.82) is 0 Å². The summed E-state index contributed by atoms with van der Waals surface area (Å²) in [6.45, 7) is 6.26. The number of halogens is 1. The first kappa shape index (κ1) is 17.2. The second-order valence-electron chi connectivity index (χ2n) is 4.60. The van der Waals surface area contributed by atoms with E-state index in [1.54, 1.807) is 7.05 Å². The maximum Gasteiger partial charge on any atom is 0.279 e. The van der Waals surface area contributed by atoms with Crippen molar-refractivity contribution < 1.29 is 8.42 Å². The number of nitrogens with one attached hydrogen (secondary N) is 1. The van der Waals surface area contributed by atoms with E-state index < -0.39 is 10.2 Å². The molecule has 0 rings (SSSR count). The molecule has 0 heterocycles. The molecular weight excluding hydrogens is 260 g/mol. The second-order valence-corrected chi connectivity index (χ2v) is 6.79. The number of rotatable bonds is 9. The van der Waals surface area contributed by atoms with Gasteiger partial charge in [-0.15, -0.1) is 11.6 Å². The summed E-state index contributed by atoms with van der Waals surface area (Å²) in [5.74, 6) is 0.903. The van der Waals surface area contributed by atoms with Crippen molar-refractivity contribution in [3.8, 4) is 0 Å². The fourth-order valence-corrected chi connectivity index (χ4v) is 3.03. The van der Waals surface area contributed by atoms with E-state index in [0.29, 0.717) is 18.3 Å². The SMILES string of the molecule is CCCC(CCCl)CNS(=O)(=O)N(C)C(C)C. The zero-order valence-electron chi connectivity index (χ0n) is 11.2. The highest BCUT2D eigenvalue weighted by atomic mass is 35.5. The van der Waals surface area contributed by atoms with Crippen molar-refractivity contribution in [1.82, 2.24) is 9.03 Å². The Morgan fingerprint density at radius 1 is 1.29 bits per heavy atom. The lowest BCUT2D eigenvalue weighted by Gasteiger charge is -2.23. The molecule has 0 radical (unpaired) electrons. The molecule has 17 heavy (non-hydrogen) atoms. The Morgan fingerprint density at radius 3 is 2.29 bits per heavy atom. The maximum atomic E-state index is 11.9. The summed E-state index contributed by atoms with van der Waals surface area (Å²) in [4.78, 5) is 0. The van der Waals surface area contributed by atoms with E-state index in [4.69, 9.17) is 11.6 Å². The van der Waals surface area contributed by atoms with Crippen molar-refractivity contribution in [2.45, 2.75) is 46.1 Å².